The SMILES string of the molecule is CCC(C(=O)NC(C)c1ccc(C)cc1)N(c1cc(C)ccc1C)S(C)(=O)=O. The largest absolute Gasteiger partial charge is 0.348 e. The fourth-order valence-electron chi connectivity index (χ4n) is 3.24. The van der Waals surface area contributed by atoms with E-state index >= 15 is 0 Å². The van der Waals surface area contributed by atoms with Crippen LogP contribution in [-0.4, -0.2) is 26.6 Å². The number of carbonyl (C=O) groups is 1. The zero-order chi connectivity index (χ0) is 21.1. The van der Waals surface area contributed by atoms with Gasteiger partial charge in [-0.05, 0) is 56.9 Å². The summed E-state index contributed by atoms with van der Waals surface area (Å²) in [5.41, 5.74) is 4.43. The van der Waals surface area contributed by atoms with E-state index in [0.717, 1.165) is 28.5 Å². The van der Waals surface area contributed by atoms with Crippen molar-refractivity contribution < 1.29 is 13.2 Å². The zero-order valence-corrected chi connectivity index (χ0v) is 18.3. The van der Waals surface area contributed by atoms with Gasteiger partial charge in [0.05, 0.1) is 18.0 Å². The van der Waals surface area contributed by atoms with Gasteiger partial charge >= 0.3 is 0 Å². The maximum atomic E-state index is 13.1. The van der Waals surface area contributed by atoms with Gasteiger partial charge in [-0.25, -0.2) is 8.42 Å². The monoisotopic (exact) mass is 402 g/mol. The van der Waals surface area contributed by atoms with Crippen molar-refractivity contribution in [3.63, 3.8) is 0 Å². The lowest BCUT2D eigenvalue weighted by molar-refractivity contribution is -0.122. The maximum absolute atomic E-state index is 13.1. The average molecular weight is 403 g/mol. The summed E-state index contributed by atoms with van der Waals surface area (Å²) in [6.45, 7) is 9.49. The molecule has 5 nitrogen and oxygen atoms in total. The van der Waals surface area contributed by atoms with Crippen LogP contribution in [0.15, 0.2) is 42.5 Å². The van der Waals surface area contributed by atoms with Gasteiger partial charge in [0.15, 0.2) is 0 Å². The highest BCUT2D eigenvalue weighted by molar-refractivity contribution is 7.92. The zero-order valence-electron chi connectivity index (χ0n) is 17.5. The smallest absolute Gasteiger partial charge is 0.244 e. The first-order valence-corrected chi connectivity index (χ1v) is 11.3. The number of amides is 1. The van der Waals surface area contributed by atoms with Gasteiger partial charge in [0.1, 0.15) is 6.04 Å². The Bertz CT molecular complexity index is 937. The topological polar surface area (TPSA) is 66.5 Å². The molecular formula is C22H30N2O3S. The van der Waals surface area contributed by atoms with Gasteiger partial charge in [-0.3, -0.25) is 9.10 Å². The van der Waals surface area contributed by atoms with Crippen molar-refractivity contribution >= 4 is 21.6 Å². The van der Waals surface area contributed by atoms with Crippen LogP contribution in [0.1, 0.15) is 48.6 Å². The lowest BCUT2D eigenvalue weighted by Gasteiger charge is -2.32. The molecule has 0 heterocycles. The Morgan fingerprint density at radius 1 is 1.04 bits per heavy atom. The molecular weight excluding hydrogens is 372 g/mol. The van der Waals surface area contributed by atoms with Crippen molar-refractivity contribution in [2.45, 2.75) is 53.1 Å². The van der Waals surface area contributed by atoms with Crippen LogP contribution in [0.5, 0.6) is 0 Å². The third kappa shape index (κ3) is 5.13. The number of anilines is 1. The van der Waals surface area contributed by atoms with Crippen molar-refractivity contribution in [1.29, 1.82) is 0 Å². The summed E-state index contributed by atoms with van der Waals surface area (Å²) in [4.78, 5) is 13.1. The molecule has 0 fully saturated rings. The first kappa shape index (κ1) is 22.0. The number of benzene rings is 2. The second-order valence-corrected chi connectivity index (χ2v) is 9.27. The summed E-state index contributed by atoms with van der Waals surface area (Å²) in [6.07, 6.45) is 1.51. The van der Waals surface area contributed by atoms with Gasteiger partial charge in [-0.15, -0.1) is 0 Å². The standard InChI is InChI=1S/C22H30N2O3S/c1-7-20(22(25)23-18(5)19-12-9-15(2)10-13-19)24(28(6,26)27)21-14-16(3)8-11-17(21)4/h8-14,18,20H,7H2,1-6H3,(H,23,25). The first-order valence-electron chi connectivity index (χ1n) is 9.48. The minimum absolute atomic E-state index is 0.220. The van der Waals surface area contributed by atoms with Gasteiger partial charge in [0.2, 0.25) is 15.9 Å². The van der Waals surface area contributed by atoms with Gasteiger partial charge < -0.3 is 5.32 Å². The molecule has 1 N–H and O–H groups in total. The van der Waals surface area contributed by atoms with Crippen molar-refractivity contribution in [2.75, 3.05) is 10.6 Å². The van der Waals surface area contributed by atoms with E-state index < -0.39 is 16.1 Å². The van der Waals surface area contributed by atoms with E-state index in [1.807, 2.05) is 77.1 Å². The number of aryl methyl sites for hydroxylation is 3. The predicted octanol–water partition coefficient (Wildman–Crippen LogP) is 4.03. The van der Waals surface area contributed by atoms with Gasteiger partial charge in [-0.1, -0.05) is 48.9 Å². The summed E-state index contributed by atoms with van der Waals surface area (Å²) < 4.78 is 26.5. The fourth-order valence-corrected chi connectivity index (χ4v) is 4.50. The molecule has 0 bridgehead atoms. The molecule has 0 radical (unpaired) electrons. The van der Waals surface area contributed by atoms with Gasteiger partial charge in [0.25, 0.3) is 0 Å². The van der Waals surface area contributed by atoms with E-state index in [0.29, 0.717) is 12.1 Å². The molecule has 2 rings (SSSR count). The third-order valence-electron chi connectivity index (χ3n) is 4.87. The lowest BCUT2D eigenvalue weighted by Crippen LogP contribution is -2.50. The van der Waals surface area contributed by atoms with E-state index in [9.17, 15) is 13.2 Å². The Kier molecular flexibility index (Phi) is 6.88. The number of hydrogen-bond donors (Lipinski definition) is 1. The van der Waals surface area contributed by atoms with Crippen LogP contribution in [0, 0.1) is 20.8 Å². The minimum Gasteiger partial charge on any atom is -0.348 e. The number of rotatable bonds is 7. The van der Waals surface area contributed by atoms with Crippen LogP contribution >= 0.6 is 0 Å². The van der Waals surface area contributed by atoms with Crippen molar-refractivity contribution in [1.82, 2.24) is 5.32 Å². The summed E-state index contributed by atoms with van der Waals surface area (Å²) in [5.74, 6) is -0.304. The molecule has 1 amide bonds. The van der Waals surface area contributed by atoms with Crippen LogP contribution in [0.4, 0.5) is 5.69 Å². The van der Waals surface area contributed by atoms with Gasteiger partial charge in [-0.2, -0.15) is 0 Å². The molecule has 0 spiro atoms. The predicted molar refractivity (Wildman–Crippen MR) is 115 cm³/mol. The highest BCUT2D eigenvalue weighted by Gasteiger charge is 2.33. The third-order valence-corrected chi connectivity index (χ3v) is 6.03. The molecule has 2 aromatic carbocycles. The Morgan fingerprint density at radius 2 is 1.61 bits per heavy atom. The molecule has 0 aliphatic rings. The molecule has 0 aliphatic carbocycles. The van der Waals surface area contributed by atoms with E-state index in [-0.39, 0.29) is 11.9 Å². The fraction of sp³-hybridized carbons (Fsp3) is 0.409. The molecule has 152 valence electrons. The van der Waals surface area contributed by atoms with Crippen LogP contribution in [0.3, 0.4) is 0 Å². The van der Waals surface area contributed by atoms with Crippen LogP contribution < -0.4 is 9.62 Å². The molecule has 0 aromatic heterocycles. The molecule has 2 unspecified atom stereocenters. The maximum Gasteiger partial charge on any atom is 0.244 e. The normalized spacial score (nSPS) is 13.6. The second-order valence-electron chi connectivity index (χ2n) is 7.41. The van der Waals surface area contributed by atoms with Crippen LogP contribution in [0.2, 0.25) is 0 Å². The van der Waals surface area contributed by atoms with Crippen LogP contribution in [0.25, 0.3) is 0 Å². The van der Waals surface area contributed by atoms with Crippen molar-refractivity contribution in [3.8, 4) is 0 Å². The molecule has 0 saturated carbocycles. The molecule has 2 atom stereocenters. The summed E-state index contributed by atoms with van der Waals surface area (Å²) >= 11 is 0. The van der Waals surface area contributed by atoms with E-state index in [2.05, 4.69) is 5.32 Å². The number of nitrogens with zero attached hydrogens (tertiary/aromatic N) is 1. The molecule has 6 heteroatoms. The number of carbonyl (C=O) groups excluding carboxylic acids is 1. The van der Waals surface area contributed by atoms with Crippen molar-refractivity contribution in [3.05, 3.63) is 64.7 Å². The Labute approximate surface area is 168 Å². The Morgan fingerprint density at radius 3 is 2.14 bits per heavy atom. The lowest BCUT2D eigenvalue weighted by atomic mass is 10.1. The van der Waals surface area contributed by atoms with Gasteiger partial charge in [0, 0.05) is 0 Å². The number of hydrogen-bond acceptors (Lipinski definition) is 3. The number of nitrogens with one attached hydrogen (secondary N) is 1. The average Bonchev–Trinajstić information content (AvgIpc) is 2.61. The van der Waals surface area contributed by atoms with Crippen molar-refractivity contribution in [2.24, 2.45) is 0 Å². The molecule has 28 heavy (non-hydrogen) atoms. The molecule has 0 aliphatic heterocycles. The summed E-state index contributed by atoms with van der Waals surface area (Å²) in [5, 5.41) is 2.98. The summed E-state index contributed by atoms with van der Waals surface area (Å²) in [6, 6.07) is 12.5. The quantitative estimate of drug-likeness (QED) is 0.760. The number of sulfonamides is 1. The Hall–Kier alpha value is -2.34. The second kappa shape index (κ2) is 8.78. The van der Waals surface area contributed by atoms with E-state index in [4.69, 9.17) is 0 Å². The van der Waals surface area contributed by atoms with E-state index in [1.165, 1.54) is 4.31 Å². The first-order chi connectivity index (χ1) is 13.0. The minimum atomic E-state index is -3.65. The van der Waals surface area contributed by atoms with Crippen LogP contribution in [-0.2, 0) is 14.8 Å². The highest BCUT2D eigenvalue weighted by atomic mass is 32.2. The molecule has 2 aromatic rings. The van der Waals surface area contributed by atoms with E-state index in [1.54, 1.807) is 0 Å². The highest BCUT2D eigenvalue weighted by Crippen LogP contribution is 2.28. The molecule has 0 saturated heterocycles. The summed E-state index contributed by atoms with van der Waals surface area (Å²) in [7, 11) is -3.65. The Balaban J connectivity index is 2.36.